The molecular weight excluding hydrogens is 737 g/mol. The van der Waals surface area contributed by atoms with Gasteiger partial charge in [-0.25, -0.2) is 0 Å². The van der Waals surface area contributed by atoms with Gasteiger partial charge in [0.25, 0.3) is 0 Å². The molecule has 0 saturated carbocycles. The van der Waals surface area contributed by atoms with Crippen molar-refractivity contribution < 1.29 is 0 Å². The first-order chi connectivity index (χ1) is 30.0. The molecule has 0 radical (unpaired) electrons. The maximum absolute atomic E-state index is 2.40. The summed E-state index contributed by atoms with van der Waals surface area (Å²) in [6.45, 7) is 4.68. The zero-order chi connectivity index (χ0) is 40.7. The summed E-state index contributed by atoms with van der Waals surface area (Å²) < 4.78 is 2.40. The molecule has 0 amide bonds. The zero-order valence-corrected chi connectivity index (χ0v) is 34.2. The van der Waals surface area contributed by atoms with Crippen LogP contribution < -0.4 is 4.90 Å². The summed E-state index contributed by atoms with van der Waals surface area (Å²) in [5.41, 5.74) is 17.1. The normalized spacial score (nSPS) is 12.9. The monoisotopic (exact) mass is 778 g/mol. The Morgan fingerprint density at radius 1 is 0.344 bits per heavy atom. The number of para-hydroxylation sites is 2. The first-order valence-electron chi connectivity index (χ1n) is 21.3. The molecule has 1 aromatic heterocycles. The van der Waals surface area contributed by atoms with E-state index in [0.717, 1.165) is 22.7 Å². The highest BCUT2D eigenvalue weighted by atomic mass is 15.1. The smallest absolute Gasteiger partial charge is 0.0541 e. The SMILES string of the molecule is CC1(C)c2ccccc2-c2cc(-c3ccc(N(c4ccc(-c5cccc6c5ccc5ccccc56)cc4)c4cccc(-n5c6ccccc6c6ccccc65)c4)cc3)ccc21. The lowest BCUT2D eigenvalue weighted by Gasteiger charge is -2.27. The van der Waals surface area contributed by atoms with E-state index in [2.05, 4.69) is 242 Å². The lowest BCUT2D eigenvalue weighted by atomic mass is 9.82. The number of hydrogen-bond acceptors (Lipinski definition) is 1. The molecule has 12 rings (SSSR count). The van der Waals surface area contributed by atoms with Crippen LogP contribution >= 0.6 is 0 Å². The molecule has 1 aliphatic rings. The quantitative estimate of drug-likeness (QED) is 0.153. The van der Waals surface area contributed by atoms with Crippen LogP contribution in [0.1, 0.15) is 25.0 Å². The fourth-order valence-corrected chi connectivity index (χ4v) is 10.2. The minimum absolute atomic E-state index is 0.0138. The molecule has 0 N–H and O–H groups in total. The number of fused-ring (bicyclic) bond motifs is 9. The number of nitrogens with zero attached hydrogens (tertiary/aromatic N) is 2. The second-order valence-electron chi connectivity index (χ2n) is 16.9. The lowest BCUT2D eigenvalue weighted by molar-refractivity contribution is 0.660. The van der Waals surface area contributed by atoms with Gasteiger partial charge >= 0.3 is 0 Å². The molecule has 1 aliphatic carbocycles. The Morgan fingerprint density at radius 2 is 0.918 bits per heavy atom. The van der Waals surface area contributed by atoms with Gasteiger partial charge < -0.3 is 9.47 Å². The van der Waals surface area contributed by atoms with E-state index in [1.165, 1.54) is 87.9 Å². The number of aromatic nitrogens is 1. The minimum atomic E-state index is -0.0138. The predicted octanol–water partition coefficient (Wildman–Crippen LogP) is 16.2. The Kier molecular flexibility index (Phi) is 7.92. The molecule has 10 aromatic carbocycles. The van der Waals surface area contributed by atoms with E-state index in [9.17, 15) is 0 Å². The van der Waals surface area contributed by atoms with E-state index in [1.54, 1.807) is 0 Å². The molecule has 11 aromatic rings. The Hall–Kier alpha value is -7.68. The van der Waals surface area contributed by atoms with Crippen molar-refractivity contribution in [3.63, 3.8) is 0 Å². The Morgan fingerprint density at radius 3 is 1.67 bits per heavy atom. The molecule has 0 fully saturated rings. The van der Waals surface area contributed by atoms with E-state index in [0.29, 0.717) is 0 Å². The van der Waals surface area contributed by atoms with Gasteiger partial charge in [0.1, 0.15) is 0 Å². The second kappa shape index (κ2) is 13.7. The van der Waals surface area contributed by atoms with Crippen LogP contribution in [0, 0.1) is 0 Å². The van der Waals surface area contributed by atoms with Crippen molar-refractivity contribution in [2.24, 2.45) is 0 Å². The Bertz CT molecular complexity index is 3440. The molecule has 0 saturated heterocycles. The maximum atomic E-state index is 2.40. The highest BCUT2D eigenvalue weighted by Gasteiger charge is 2.35. The highest BCUT2D eigenvalue weighted by molar-refractivity contribution is 6.12. The summed E-state index contributed by atoms with van der Waals surface area (Å²) in [6, 6.07) is 80.4. The largest absolute Gasteiger partial charge is 0.310 e. The van der Waals surface area contributed by atoms with Gasteiger partial charge in [-0.1, -0.05) is 172 Å². The van der Waals surface area contributed by atoms with Crippen LogP contribution in [0.5, 0.6) is 0 Å². The van der Waals surface area contributed by atoms with Crippen LogP contribution in [-0.2, 0) is 5.41 Å². The number of benzene rings is 10. The first-order valence-corrected chi connectivity index (χ1v) is 21.3. The van der Waals surface area contributed by atoms with Crippen molar-refractivity contribution in [3.8, 4) is 39.1 Å². The van der Waals surface area contributed by atoms with Crippen molar-refractivity contribution in [1.29, 1.82) is 0 Å². The molecule has 0 atom stereocenters. The van der Waals surface area contributed by atoms with Gasteiger partial charge in [0.2, 0.25) is 0 Å². The van der Waals surface area contributed by atoms with Gasteiger partial charge in [0.05, 0.1) is 11.0 Å². The summed E-state index contributed by atoms with van der Waals surface area (Å²) in [7, 11) is 0. The molecule has 61 heavy (non-hydrogen) atoms. The van der Waals surface area contributed by atoms with Gasteiger partial charge in [-0.05, 0) is 127 Å². The molecule has 0 unspecified atom stereocenters. The van der Waals surface area contributed by atoms with Gasteiger partial charge in [0.15, 0.2) is 0 Å². The summed E-state index contributed by atoms with van der Waals surface area (Å²) in [5.74, 6) is 0. The van der Waals surface area contributed by atoms with Crippen LogP contribution in [-0.4, -0.2) is 4.57 Å². The Labute approximate surface area is 356 Å². The van der Waals surface area contributed by atoms with Crippen molar-refractivity contribution in [1.82, 2.24) is 4.57 Å². The Balaban J connectivity index is 0.978. The first kappa shape index (κ1) is 35.3. The van der Waals surface area contributed by atoms with E-state index < -0.39 is 0 Å². The summed E-state index contributed by atoms with van der Waals surface area (Å²) in [4.78, 5) is 2.39. The average Bonchev–Trinajstić information content (AvgIpc) is 3.77. The number of anilines is 3. The van der Waals surface area contributed by atoms with Gasteiger partial charge in [-0.15, -0.1) is 0 Å². The van der Waals surface area contributed by atoms with Crippen LogP contribution in [0.2, 0.25) is 0 Å². The summed E-state index contributed by atoms with van der Waals surface area (Å²) >= 11 is 0. The van der Waals surface area contributed by atoms with E-state index >= 15 is 0 Å². The lowest BCUT2D eigenvalue weighted by Crippen LogP contribution is -2.14. The topological polar surface area (TPSA) is 8.17 Å². The molecule has 1 heterocycles. The van der Waals surface area contributed by atoms with Gasteiger partial charge in [0, 0.05) is 38.9 Å². The maximum Gasteiger partial charge on any atom is 0.0541 e. The van der Waals surface area contributed by atoms with Gasteiger partial charge in [-0.2, -0.15) is 0 Å². The number of hydrogen-bond donors (Lipinski definition) is 0. The zero-order valence-electron chi connectivity index (χ0n) is 34.2. The van der Waals surface area contributed by atoms with E-state index in [1.807, 2.05) is 0 Å². The summed E-state index contributed by atoms with van der Waals surface area (Å²) in [6.07, 6.45) is 0. The molecule has 0 spiro atoms. The van der Waals surface area contributed by atoms with Crippen LogP contribution in [0.4, 0.5) is 17.1 Å². The molecule has 288 valence electrons. The van der Waals surface area contributed by atoms with Gasteiger partial charge in [-0.3, -0.25) is 0 Å². The number of rotatable bonds is 6. The van der Waals surface area contributed by atoms with E-state index in [4.69, 9.17) is 0 Å². The molecule has 2 nitrogen and oxygen atoms in total. The van der Waals surface area contributed by atoms with Crippen molar-refractivity contribution in [2.45, 2.75) is 19.3 Å². The molecule has 0 bridgehead atoms. The van der Waals surface area contributed by atoms with Crippen molar-refractivity contribution in [3.05, 3.63) is 230 Å². The third-order valence-corrected chi connectivity index (χ3v) is 13.2. The predicted molar refractivity (Wildman–Crippen MR) is 259 cm³/mol. The fourth-order valence-electron chi connectivity index (χ4n) is 10.2. The fraction of sp³-hybridized carbons (Fsp3) is 0.0508. The molecule has 2 heteroatoms. The van der Waals surface area contributed by atoms with Crippen LogP contribution in [0.15, 0.2) is 218 Å². The molecule has 0 aliphatic heterocycles. The molecular formula is C59H42N2. The third-order valence-electron chi connectivity index (χ3n) is 13.2. The highest BCUT2D eigenvalue weighted by Crippen LogP contribution is 2.50. The second-order valence-corrected chi connectivity index (χ2v) is 16.9. The van der Waals surface area contributed by atoms with Crippen molar-refractivity contribution >= 4 is 60.4 Å². The average molecular weight is 779 g/mol. The van der Waals surface area contributed by atoms with Crippen LogP contribution in [0.3, 0.4) is 0 Å². The van der Waals surface area contributed by atoms with E-state index in [-0.39, 0.29) is 5.41 Å². The standard InChI is InChI=1S/C59H42N2/c1-59(2)55-22-8-5-17-51(55)54-37-42(30-36-56(54)59)39-25-31-43(32-26-39)60(45-14-11-15-46(38-45)61-57-23-9-6-18-52(57)53-19-7-10-24-58(53)61)44-33-27-41(28-34-44)48-20-12-21-49-47-16-4-3-13-40(47)29-35-50(48)49/h3-38H,1-2H3. The minimum Gasteiger partial charge on any atom is -0.310 e. The summed E-state index contributed by atoms with van der Waals surface area (Å²) in [5, 5.41) is 7.60. The third kappa shape index (κ3) is 5.56. The van der Waals surface area contributed by atoms with Crippen molar-refractivity contribution in [2.75, 3.05) is 4.90 Å². The van der Waals surface area contributed by atoms with Crippen LogP contribution in [0.25, 0.3) is 82.4 Å².